The molecular formula is C21H16ClFN2O2S. The van der Waals surface area contributed by atoms with Crippen LogP contribution >= 0.6 is 22.9 Å². The normalized spacial score (nSPS) is 19.5. The van der Waals surface area contributed by atoms with E-state index in [-0.39, 0.29) is 17.2 Å². The molecule has 0 fully saturated rings. The van der Waals surface area contributed by atoms with Crippen LogP contribution < -0.4 is 11.1 Å². The van der Waals surface area contributed by atoms with Gasteiger partial charge in [0.15, 0.2) is 0 Å². The Morgan fingerprint density at radius 3 is 2.79 bits per heavy atom. The van der Waals surface area contributed by atoms with Gasteiger partial charge in [-0.25, -0.2) is 9.18 Å². The molecule has 1 aliphatic rings. The van der Waals surface area contributed by atoms with Crippen LogP contribution in [0.2, 0.25) is 0 Å². The van der Waals surface area contributed by atoms with E-state index in [9.17, 15) is 14.3 Å². The van der Waals surface area contributed by atoms with Crippen LogP contribution in [0.5, 0.6) is 0 Å². The summed E-state index contributed by atoms with van der Waals surface area (Å²) in [5, 5.41) is 15.5. The van der Waals surface area contributed by atoms with Crippen molar-refractivity contribution in [3.05, 3.63) is 87.7 Å². The molecule has 0 radical (unpaired) electrons. The maximum atomic E-state index is 14.2. The molecular weight excluding hydrogens is 399 g/mol. The lowest BCUT2D eigenvalue weighted by Crippen LogP contribution is -2.46. The van der Waals surface area contributed by atoms with Crippen molar-refractivity contribution in [1.82, 2.24) is 5.32 Å². The van der Waals surface area contributed by atoms with E-state index in [2.05, 4.69) is 5.32 Å². The summed E-state index contributed by atoms with van der Waals surface area (Å²) in [7, 11) is 0. The van der Waals surface area contributed by atoms with Crippen LogP contribution in [0.1, 0.15) is 11.1 Å². The number of aliphatic carboxylic acids is 1. The summed E-state index contributed by atoms with van der Waals surface area (Å²) in [4.78, 5) is 11.8. The van der Waals surface area contributed by atoms with E-state index in [0.717, 1.165) is 15.6 Å². The number of fused-ring (bicyclic) bond motifs is 1. The molecule has 7 heteroatoms. The lowest BCUT2D eigenvalue weighted by atomic mass is 9.86. The van der Waals surface area contributed by atoms with E-state index >= 15 is 0 Å². The summed E-state index contributed by atoms with van der Waals surface area (Å²) in [5.74, 6) is -1.64. The predicted octanol–water partition coefficient (Wildman–Crippen LogP) is 4.46. The summed E-state index contributed by atoms with van der Waals surface area (Å²) >= 11 is 7.95. The Balaban J connectivity index is 1.82. The lowest BCUT2D eigenvalue weighted by Gasteiger charge is -2.33. The van der Waals surface area contributed by atoms with Gasteiger partial charge in [0.25, 0.3) is 0 Å². The number of rotatable bonds is 4. The molecule has 1 aromatic heterocycles. The minimum atomic E-state index is -1.36. The zero-order chi connectivity index (χ0) is 19.9. The molecule has 1 aliphatic heterocycles. The van der Waals surface area contributed by atoms with E-state index in [1.54, 1.807) is 35.6 Å². The lowest BCUT2D eigenvalue weighted by molar-refractivity contribution is -0.133. The van der Waals surface area contributed by atoms with E-state index in [0.29, 0.717) is 11.3 Å². The third-order valence-electron chi connectivity index (χ3n) is 4.71. The molecule has 1 atom stereocenters. The monoisotopic (exact) mass is 414 g/mol. The number of nitrogens with two attached hydrogens (primary N) is 1. The molecule has 4 N–H and O–H groups in total. The van der Waals surface area contributed by atoms with Crippen LogP contribution in [0.3, 0.4) is 0 Å². The van der Waals surface area contributed by atoms with E-state index in [1.807, 2.05) is 29.6 Å². The Morgan fingerprint density at radius 1 is 1.25 bits per heavy atom. The quantitative estimate of drug-likeness (QED) is 0.589. The van der Waals surface area contributed by atoms with Gasteiger partial charge in [0.05, 0.1) is 10.6 Å². The molecule has 0 saturated heterocycles. The Kier molecular flexibility index (Phi) is 4.71. The van der Waals surface area contributed by atoms with Gasteiger partial charge in [-0.05, 0) is 46.2 Å². The van der Waals surface area contributed by atoms with Crippen molar-refractivity contribution < 1.29 is 14.3 Å². The third kappa shape index (κ3) is 3.30. The van der Waals surface area contributed by atoms with Crippen molar-refractivity contribution in [3.63, 3.8) is 0 Å². The highest BCUT2D eigenvalue weighted by Crippen LogP contribution is 2.35. The van der Waals surface area contributed by atoms with E-state index < -0.39 is 17.3 Å². The largest absolute Gasteiger partial charge is 0.477 e. The zero-order valence-electron chi connectivity index (χ0n) is 14.6. The Morgan fingerprint density at radius 2 is 2.04 bits per heavy atom. The average Bonchev–Trinajstić information content (AvgIpc) is 3.13. The first-order valence-corrected chi connectivity index (χ1v) is 9.76. The number of hydrogen-bond acceptors (Lipinski definition) is 4. The molecule has 1 unspecified atom stereocenters. The van der Waals surface area contributed by atoms with Crippen molar-refractivity contribution in [2.45, 2.75) is 12.0 Å². The van der Waals surface area contributed by atoms with Gasteiger partial charge in [0, 0.05) is 16.8 Å². The van der Waals surface area contributed by atoms with Crippen LogP contribution in [0, 0.1) is 5.82 Å². The fraction of sp³-hybridized carbons (Fsp3) is 0.0952. The zero-order valence-corrected chi connectivity index (χ0v) is 16.2. The molecule has 142 valence electrons. The first kappa shape index (κ1) is 18.7. The van der Waals surface area contributed by atoms with Gasteiger partial charge in [-0.2, -0.15) is 0 Å². The van der Waals surface area contributed by atoms with Crippen LogP contribution in [0.4, 0.5) is 4.39 Å². The number of carbonyl (C=O) groups is 1. The standard InChI is InChI=1S/C21H16ClFN2O2S/c22-19-18(20(26)27)25-16(13-6-5-12-7-8-28-17(12)9-13)11-21(19,24)10-14-3-1-2-4-15(14)23/h1-9,11,25H,10,24H2,(H,26,27). The maximum Gasteiger partial charge on any atom is 0.353 e. The molecule has 4 rings (SSSR count). The van der Waals surface area contributed by atoms with Crippen molar-refractivity contribution in [1.29, 1.82) is 0 Å². The van der Waals surface area contributed by atoms with Gasteiger partial charge in [0.1, 0.15) is 11.5 Å². The van der Waals surface area contributed by atoms with Crippen LogP contribution in [-0.2, 0) is 11.2 Å². The van der Waals surface area contributed by atoms with E-state index in [4.69, 9.17) is 17.3 Å². The molecule has 2 aromatic carbocycles. The highest BCUT2D eigenvalue weighted by molar-refractivity contribution is 7.17. The smallest absolute Gasteiger partial charge is 0.353 e. The fourth-order valence-electron chi connectivity index (χ4n) is 3.29. The van der Waals surface area contributed by atoms with Gasteiger partial charge < -0.3 is 16.2 Å². The molecule has 0 aliphatic carbocycles. The molecule has 0 amide bonds. The molecule has 0 spiro atoms. The second-order valence-electron chi connectivity index (χ2n) is 6.66. The first-order chi connectivity index (χ1) is 13.4. The number of halogens is 2. The highest BCUT2D eigenvalue weighted by Gasteiger charge is 2.37. The highest BCUT2D eigenvalue weighted by atomic mass is 35.5. The number of hydrogen-bond donors (Lipinski definition) is 3. The summed E-state index contributed by atoms with van der Waals surface area (Å²) in [6.45, 7) is 0. The second-order valence-corrected chi connectivity index (χ2v) is 7.98. The topological polar surface area (TPSA) is 75.3 Å². The Bertz CT molecular complexity index is 1150. The second kappa shape index (κ2) is 7.05. The summed E-state index contributed by atoms with van der Waals surface area (Å²) in [5.41, 5.74) is 6.62. The van der Waals surface area contributed by atoms with Gasteiger partial charge >= 0.3 is 5.97 Å². The number of carboxylic acid groups (broad SMARTS) is 1. The van der Waals surface area contributed by atoms with E-state index in [1.165, 1.54) is 6.07 Å². The molecule has 3 aromatic rings. The van der Waals surface area contributed by atoms with Crippen LogP contribution in [-0.4, -0.2) is 16.6 Å². The van der Waals surface area contributed by atoms with Gasteiger partial charge in [-0.1, -0.05) is 41.9 Å². The first-order valence-electron chi connectivity index (χ1n) is 8.51. The van der Waals surface area contributed by atoms with Crippen LogP contribution in [0.15, 0.2) is 70.7 Å². The Labute approximate surface area is 169 Å². The summed E-state index contributed by atoms with van der Waals surface area (Å²) in [6, 6.07) is 14.1. The molecule has 2 heterocycles. The van der Waals surface area contributed by atoms with Crippen molar-refractivity contribution in [2.24, 2.45) is 5.73 Å². The fourth-order valence-corrected chi connectivity index (χ4v) is 4.37. The van der Waals surface area contributed by atoms with Crippen molar-refractivity contribution in [3.8, 4) is 0 Å². The maximum absolute atomic E-state index is 14.2. The number of benzene rings is 2. The minimum absolute atomic E-state index is 0.0295. The third-order valence-corrected chi connectivity index (χ3v) is 6.13. The number of thiophene rings is 1. The SMILES string of the molecule is NC1(Cc2ccccc2F)C=C(c2ccc3ccsc3c2)NC(C(=O)O)=C1Cl. The number of dihydropyridines is 1. The number of carboxylic acids is 1. The molecule has 0 saturated carbocycles. The predicted molar refractivity (Wildman–Crippen MR) is 110 cm³/mol. The Hall–Kier alpha value is -2.67. The van der Waals surface area contributed by atoms with Crippen molar-refractivity contribution in [2.75, 3.05) is 0 Å². The molecule has 28 heavy (non-hydrogen) atoms. The molecule has 0 bridgehead atoms. The van der Waals surface area contributed by atoms with Gasteiger partial charge in [-0.3, -0.25) is 0 Å². The minimum Gasteiger partial charge on any atom is -0.477 e. The van der Waals surface area contributed by atoms with Gasteiger partial charge in [-0.15, -0.1) is 11.3 Å². The number of nitrogens with one attached hydrogen (secondary N) is 1. The summed E-state index contributed by atoms with van der Waals surface area (Å²) < 4.78 is 15.3. The average molecular weight is 415 g/mol. The van der Waals surface area contributed by atoms with Crippen molar-refractivity contribution >= 4 is 44.7 Å². The molecule has 4 nitrogen and oxygen atoms in total. The van der Waals surface area contributed by atoms with Crippen LogP contribution in [0.25, 0.3) is 15.8 Å². The van der Waals surface area contributed by atoms with Gasteiger partial charge in [0.2, 0.25) is 0 Å². The summed E-state index contributed by atoms with van der Waals surface area (Å²) in [6.07, 6.45) is 1.70.